The Morgan fingerprint density at radius 1 is 1.04 bits per heavy atom. The number of hydrogen-bond donors (Lipinski definition) is 5. The number of aromatic hydroxyl groups is 1. The topological polar surface area (TPSA) is 129 Å². The molecule has 2 heterocycles. The highest BCUT2D eigenvalue weighted by Gasteiger charge is 2.45. The third-order valence-electron chi connectivity index (χ3n) is 5.99. The van der Waals surface area contributed by atoms with Crippen LogP contribution in [0.5, 0.6) is 11.5 Å². The van der Waals surface area contributed by atoms with Crippen molar-refractivity contribution in [1.82, 2.24) is 0 Å². The molecule has 1 unspecified atom stereocenters. The second kappa shape index (κ2) is 7.78. The van der Waals surface area contributed by atoms with E-state index in [1.54, 1.807) is 0 Å². The van der Waals surface area contributed by atoms with Gasteiger partial charge in [-0.1, -0.05) is 0 Å². The Bertz CT molecular complexity index is 734. The Balaban J connectivity index is 1.74. The van der Waals surface area contributed by atoms with Crippen molar-refractivity contribution in [3.8, 4) is 11.5 Å². The lowest BCUT2D eigenvalue weighted by atomic mass is 9.87. The summed E-state index contributed by atoms with van der Waals surface area (Å²) in [7, 11) is 0. The highest BCUT2D eigenvalue weighted by atomic mass is 16.7. The van der Waals surface area contributed by atoms with E-state index in [1.165, 1.54) is 0 Å². The molecule has 1 saturated heterocycles. The zero-order chi connectivity index (χ0) is 20.8. The fourth-order valence-corrected chi connectivity index (χ4v) is 3.86. The molecular weight excluding hydrogens is 368 g/mol. The average Bonchev–Trinajstić information content (AvgIpc) is 2.68. The SMILES string of the molecule is Cc1c(C)c2c(c(C)c1O)CCC(C)(CO[C@H]1O[C@H](CO)[C@H](O)[C@@H](O)[C@H]1O)O2. The summed E-state index contributed by atoms with van der Waals surface area (Å²) >= 11 is 0. The first-order valence-corrected chi connectivity index (χ1v) is 9.52. The molecule has 0 radical (unpaired) electrons. The number of phenols is 1. The number of benzene rings is 1. The van der Waals surface area contributed by atoms with Gasteiger partial charge in [-0.05, 0) is 57.2 Å². The molecule has 1 aromatic carbocycles. The Kier molecular flexibility index (Phi) is 5.91. The number of aliphatic hydroxyl groups is 4. The summed E-state index contributed by atoms with van der Waals surface area (Å²) in [6.45, 7) is 7.07. The van der Waals surface area contributed by atoms with Gasteiger partial charge in [0, 0.05) is 5.56 Å². The first-order chi connectivity index (χ1) is 13.1. The minimum absolute atomic E-state index is 0.0769. The van der Waals surface area contributed by atoms with Gasteiger partial charge in [0.05, 0.1) is 13.2 Å². The Labute approximate surface area is 164 Å². The van der Waals surface area contributed by atoms with Gasteiger partial charge in [0.1, 0.15) is 41.5 Å². The highest BCUT2D eigenvalue weighted by molar-refractivity contribution is 5.58. The van der Waals surface area contributed by atoms with E-state index in [4.69, 9.17) is 14.2 Å². The van der Waals surface area contributed by atoms with Gasteiger partial charge < -0.3 is 39.7 Å². The standard InChI is InChI=1S/C20H30O8/c1-9-10(2)18-12(11(3)14(9)22)5-6-20(4,28-18)8-26-19-17(25)16(24)15(23)13(7-21)27-19/h13,15-17,19,21-25H,5-8H2,1-4H3/t13-,15+,16-,17-,19+,20?/m1/s1. The molecule has 8 heteroatoms. The van der Waals surface area contributed by atoms with Crippen molar-refractivity contribution in [2.75, 3.05) is 13.2 Å². The summed E-state index contributed by atoms with van der Waals surface area (Å²) in [6.07, 6.45) is -5.23. The molecule has 28 heavy (non-hydrogen) atoms. The molecule has 2 aliphatic heterocycles. The quantitative estimate of drug-likeness (QED) is 0.487. The molecule has 0 aromatic heterocycles. The highest BCUT2D eigenvalue weighted by Crippen LogP contribution is 2.43. The van der Waals surface area contributed by atoms with E-state index in [0.29, 0.717) is 18.6 Å². The number of rotatable bonds is 4. The van der Waals surface area contributed by atoms with Crippen LogP contribution in [0.15, 0.2) is 0 Å². The molecule has 6 atom stereocenters. The van der Waals surface area contributed by atoms with Crippen LogP contribution in [0.2, 0.25) is 0 Å². The van der Waals surface area contributed by atoms with Crippen LogP contribution < -0.4 is 4.74 Å². The number of hydrogen-bond acceptors (Lipinski definition) is 8. The second-order valence-electron chi connectivity index (χ2n) is 8.09. The molecule has 5 N–H and O–H groups in total. The monoisotopic (exact) mass is 398 g/mol. The fourth-order valence-electron chi connectivity index (χ4n) is 3.86. The summed E-state index contributed by atoms with van der Waals surface area (Å²) < 4.78 is 17.4. The van der Waals surface area contributed by atoms with Gasteiger partial charge in [-0.15, -0.1) is 0 Å². The van der Waals surface area contributed by atoms with Crippen LogP contribution in [0.4, 0.5) is 0 Å². The minimum Gasteiger partial charge on any atom is -0.507 e. The van der Waals surface area contributed by atoms with E-state index in [-0.39, 0.29) is 6.61 Å². The lowest BCUT2D eigenvalue weighted by molar-refractivity contribution is -0.307. The van der Waals surface area contributed by atoms with Crippen LogP contribution in [0.25, 0.3) is 0 Å². The Morgan fingerprint density at radius 3 is 2.36 bits per heavy atom. The number of aliphatic hydroxyl groups excluding tert-OH is 4. The molecule has 2 aliphatic rings. The molecule has 0 saturated carbocycles. The number of fused-ring (bicyclic) bond motifs is 1. The van der Waals surface area contributed by atoms with Crippen LogP contribution in [-0.4, -0.2) is 75.1 Å². The molecular formula is C20H30O8. The van der Waals surface area contributed by atoms with Crippen molar-refractivity contribution in [3.05, 3.63) is 22.3 Å². The summed E-state index contributed by atoms with van der Waals surface area (Å²) in [5.74, 6) is 1.03. The van der Waals surface area contributed by atoms with E-state index in [1.807, 2.05) is 27.7 Å². The van der Waals surface area contributed by atoms with E-state index >= 15 is 0 Å². The molecule has 0 spiro atoms. The second-order valence-corrected chi connectivity index (χ2v) is 8.09. The number of phenolic OH excluding ortho intramolecular Hbond substituents is 1. The predicted octanol–water partition coefficient (Wildman–Crippen LogP) is 0.218. The molecule has 0 bridgehead atoms. The van der Waals surface area contributed by atoms with E-state index in [0.717, 1.165) is 28.0 Å². The zero-order valence-electron chi connectivity index (χ0n) is 16.7. The summed E-state index contributed by atoms with van der Waals surface area (Å²) in [5.41, 5.74) is 2.74. The number of ether oxygens (including phenoxy) is 3. The molecule has 158 valence electrons. The molecule has 1 fully saturated rings. The average molecular weight is 398 g/mol. The lowest BCUT2D eigenvalue weighted by Crippen LogP contribution is -2.60. The van der Waals surface area contributed by atoms with Crippen LogP contribution in [0.1, 0.15) is 35.6 Å². The van der Waals surface area contributed by atoms with E-state index < -0.39 is 42.9 Å². The molecule has 1 aromatic rings. The van der Waals surface area contributed by atoms with Gasteiger partial charge in [0.2, 0.25) is 0 Å². The van der Waals surface area contributed by atoms with Crippen molar-refractivity contribution in [2.24, 2.45) is 0 Å². The van der Waals surface area contributed by atoms with Crippen LogP contribution >= 0.6 is 0 Å². The normalized spacial score (nSPS) is 35.4. The maximum atomic E-state index is 10.3. The summed E-state index contributed by atoms with van der Waals surface area (Å²) in [5, 5.41) is 49.5. The molecule has 0 amide bonds. The van der Waals surface area contributed by atoms with Gasteiger partial charge in [0.25, 0.3) is 0 Å². The van der Waals surface area contributed by atoms with E-state index in [2.05, 4.69) is 0 Å². The van der Waals surface area contributed by atoms with Crippen molar-refractivity contribution in [2.45, 2.75) is 76.8 Å². The maximum Gasteiger partial charge on any atom is 0.186 e. The lowest BCUT2D eigenvalue weighted by Gasteiger charge is -2.42. The van der Waals surface area contributed by atoms with Crippen molar-refractivity contribution in [3.63, 3.8) is 0 Å². The van der Waals surface area contributed by atoms with Gasteiger partial charge in [0.15, 0.2) is 6.29 Å². The first-order valence-electron chi connectivity index (χ1n) is 9.52. The van der Waals surface area contributed by atoms with Gasteiger partial charge >= 0.3 is 0 Å². The fraction of sp³-hybridized carbons (Fsp3) is 0.700. The summed E-state index contributed by atoms with van der Waals surface area (Å²) in [6, 6.07) is 0. The van der Waals surface area contributed by atoms with Gasteiger partial charge in [-0.2, -0.15) is 0 Å². The van der Waals surface area contributed by atoms with E-state index in [9.17, 15) is 25.5 Å². The summed E-state index contributed by atoms with van der Waals surface area (Å²) in [4.78, 5) is 0. The predicted molar refractivity (Wildman–Crippen MR) is 99.4 cm³/mol. The Morgan fingerprint density at radius 2 is 1.71 bits per heavy atom. The van der Waals surface area contributed by atoms with Crippen molar-refractivity contribution >= 4 is 0 Å². The molecule has 8 nitrogen and oxygen atoms in total. The van der Waals surface area contributed by atoms with Crippen molar-refractivity contribution in [1.29, 1.82) is 0 Å². The van der Waals surface area contributed by atoms with Crippen LogP contribution in [-0.2, 0) is 15.9 Å². The smallest absolute Gasteiger partial charge is 0.186 e. The molecule has 3 rings (SSSR count). The van der Waals surface area contributed by atoms with Crippen molar-refractivity contribution < 1.29 is 39.7 Å². The molecule has 0 aliphatic carbocycles. The van der Waals surface area contributed by atoms with Gasteiger partial charge in [-0.3, -0.25) is 0 Å². The van der Waals surface area contributed by atoms with Crippen LogP contribution in [0, 0.1) is 20.8 Å². The third-order valence-corrected chi connectivity index (χ3v) is 5.99. The Hall–Kier alpha value is -1.42. The van der Waals surface area contributed by atoms with Crippen LogP contribution in [0.3, 0.4) is 0 Å². The first kappa shape index (κ1) is 21.3. The van der Waals surface area contributed by atoms with Gasteiger partial charge in [-0.25, -0.2) is 0 Å². The zero-order valence-corrected chi connectivity index (χ0v) is 16.7. The maximum absolute atomic E-state index is 10.3. The minimum atomic E-state index is -1.48. The largest absolute Gasteiger partial charge is 0.507 e. The third kappa shape index (κ3) is 3.60.